The molecule has 0 spiro atoms. The summed E-state index contributed by atoms with van der Waals surface area (Å²) in [5.74, 6) is 0.318. The summed E-state index contributed by atoms with van der Waals surface area (Å²) in [5, 5.41) is 3.89. The molecule has 0 aliphatic rings. The van der Waals surface area contributed by atoms with Gasteiger partial charge in [-0.25, -0.2) is 4.98 Å². The number of rotatable bonds is 7. The van der Waals surface area contributed by atoms with Crippen LogP contribution < -0.4 is 10.1 Å². The fraction of sp³-hybridized carbons (Fsp3) is 0.130. The van der Waals surface area contributed by atoms with Gasteiger partial charge in [-0.2, -0.15) is 0 Å². The summed E-state index contributed by atoms with van der Waals surface area (Å²) in [5.41, 5.74) is 3.22. The van der Waals surface area contributed by atoms with Gasteiger partial charge in [-0.05, 0) is 48.5 Å². The van der Waals surface area contributed by atoms with Crippen molar-refractivity contribution in [2.24, 2.45) is 0 Å². The van der Waals surface area contributed by atoms with Crippen molar-refractivity contribution in [3.05, 3.63) is 78.4 Å². The van der Waals surface area contributed by atoms with Gasteiger partial charge in [0, 0.05) is 18.4 Å². The number of hydrogen-bond acceptors (Lipinski definition) is 5. The summed E-state index contributed by atoms with van der Waals surface area (Å²) in [6.07, 6.45) is 0. The summed E-state index contributed by atoms with van der Waals surface area (Å²) < 4.78 is 11.8. The number of amides is 1. The van der Waals surface area contributed by atoms with E-state index in [0.717, 1.165) is 20.8 Å². The number of hydrogen-bond donors (Lipinski definition) is 1. The molecule has 0 saturated carbocycles. The second-order valence-electron chi connectivity index (χ2n) is 6.36. The Kier molecular flexibility index (Phi) is 5.84. The SMILES string of the molecule is COCCOc1ccccc1C(=O)Nc1ccc(-c2nc3ccccc3s2)cc1. The molecule has 0 saturated heterocycles. The van der Waals surface area contributed by atoms with Crippen molar-refractivity contribution in [1.82, 2.24) is 4.98 Å². The highest BCUT2D eigenvalue weighted by Crippen LogP contribution is 2.30. The highest BCUT2D eigenvalue weighted by atomic mass is 32.1. The summed E-state index contributed by atoms with van der Waals surface area (Å²) in [7, 11) is 1.61. The van der Waals surface area contributed by atoms with Gasteiger partial charge in [0.2, 0.25) is 0 Å². The van der Waals surface area contributed by atoms with E-state index in [4.69, 9.17) is 9.47 Å². The first kappa shape index (κ1) is 19.1. The monoisotopic (exact) mass is 404 g/mol. The lowest BCUT2D eigenvalue weighted by molar-refractivity contribution is 0.101. The number of aromatic nitrogens is 1. The standard InChI is InChI=1S/C23H20N2O3S/c1-27-14-15-28-20-8-4-2-6-18(20)22(26)24-17-12-10-16(11-13-17)23-25-19-7-3-5-9-21(19)29-23/h2-13H,14-15H2,1H3,(H,24,26). The van der Waals surface area contributed by atoms with Crippen molar-refractivity contribution < 1.29 is 14.3 Å². The first-order valence-electron chi connectivity index (χ1n) is 9.23. The molecule has 146 valence electrons. The van der Waals surface area contributed by atoms with E-state index in [0.29, 0.717) is 30.2 Å². The number of para-hydroxylation sites is 2. The lowest BCUT2D eigenvalue weighted by Crippen LogP contribution is -2.14. The van der Waals surface area contributed by atoms with Gasteiger partial charge in [0.15, 0.2) is 0 Å². The summed E-state index contributed by atoms with van der Waals surface area (Å²) in [4.78, 5) is 17.4. The largest absolute Gasteiger partial charge is 0.490 e. The first-order chi connectivity index (χ1) is 14.2. The minimum atomic E-state index is -0.217. The molecule has 1 amide bonds. The van der Waals surface area contributed by atoms with Crippen molar-refractivity contribution >= 4 is 33.1 Å². The topological polar surface area (TPSA) is 60.5 Å². The number of benzene rings is 3. The maximum absolute atomic E-state index is 12.7. The van der Waals surface area contributed by atoms with Gasteiger partial charge in [-0.3, -0.25) is 4.79 Å². The Bertz CT molecular complexity index is 1090. The number of methoxy groups -OCH3 is 1. The van der Waals surface area contributed by atoms with E-state index in [1.54, 1.807) is 30.6 Å². The fourth-order valence-electron chi connectivity index (χ4n) is 2.91. The van der Waals surface area contributed by atoms with Gasteiger partial charge < -0.3 is 14.8 Å². The summed E-state index contributed by atoms with van der Waals surface area (Å²) in [6.45, 7) is 0.848. The third-order valence-electron chi connectivity index (χ3n) is 4.36. The van der Waals surface area contributed by atoms with Gasteiger partial charge in [0.25, 0.3) is 5.91 Å². The van der Waals surface area contributed by atoms with Gasteiger partial charge in [0.05, 0.1) is 22.4 Å². The van der Waals surface area contributed by atoms with Crippen molar-refractivity contribution in [3.8, 4) is 16.3 Å². The van der Waals surface area contributed by atoms with Crippen LogP contribution >= 0.6 is 11.3 Å². The Hall–Kier alpha value is -3.22. The maximum Gasteiger partial charge on any atom is 0.259 e. The molecule has 0 aliphatic carbocycles. The van der Waals surface area contributed by atoms with Gasteiger partial charge in [-0.1, -0.05) is 24.3 Å². The van der Waals surface area contributed by atoms with Gasteiger partial charge >= 0.3 is 0 Å². The molecule has 1 heterocycles. The van der Waals surface area contributed by atoms with Crippen LogP contribution in [0.15, 0.2) is 72.8 Å². The van der Waals surface area contributed by atoms with Crippen molar-refractivity contribution in [2.45, 2.75) is 0 Å². The normalized spacial score (nSPS) is 10.8. The molecule has 4 aromatic rings. The number of thiazole rings is 1. The summed E-state index contributed by atoms with van der Waals surface area (Å²) in [6, 6.07) is 23.0. The van der Waals surface area contributed by atoms with E-state index in [-0.39, 0.29) is 5.91 Å². The third-order valence-corrected chi connectivity index (χ3v) is 5.45. The Balaban J connectivity index is 1.48. The minimum Gasteiger partial charge on any atom is -0.490 e. The molecule has 0 radical (unpaired) electrons. The van der Waals surface area contributed by atoms with Gasteiger partial charge in [0.1, 0.15) is 17.4 Å². The van der Waals surface area contributed by atoms with Crippen LogP contribution in [0.2, 0.25) is 0 Å². The predicted molar refractivity (Wildman–Crippen MR) is 117 cm³/mol. The second-order valence-corrected chi connectivity index (χ2v) is 7.39. The average molecular weight is 404 g/mol. The molecule has 4 rings (SSSR count). The van der Waals surface area contributed by atoms with Crippen molar-refractivity contribution in [2.75, 3.05) is 25.6 Å². The van der Waals surface area contributed by atoms with E-state index in [1.165, 1.54) is 0 Å². The Morgan fingerprint density at radius 3 is 2.52 bits per heavy atom. The Labute approximate surface area is 172 Å². The van der Waals surface area contributed by atoms with Crippen LogP contribution in [0.1, 0.15) is 10.4 Å². The zero-order chi connectivity index (χ0) is 20.1. The molecular formula is C23H20N2O3S. The third kappa shape index (κ3) is 4.45. The fourth-order valence-corrected chi connectivity index (χ4v) is 3.88. The summed E-state index contributed by atoms with van der Waals surface area (Å²) >= 11 is 1.65. The molecule has 0 atom stereocenters. The first-order valence-corrected chi connectivity index (χ1v) is 10.0. The zero-order valence-corrected chi connectivity index (χ0v) is 16.7. The van der Waals surface area contributed by atoms with Crippen LogP contribution in [0.4, 0.5) is 5.69 Å². The van der Waals surface area contributed by atoms with Crippen LogP contribution in [0.3, 0.4) is 0 Å². The van der Waals surface area contributed by atoms with E-state index in [9.17, 15) is 4.79 Å². The highest BCUT2D eigenvalue weighted by molar-refractivity contribution is 7.21. The van der Waals surface area contributed by atoms with E-state index in [2.05, 4.69) is 16.4 Å². The molecule has 0 bridgehead atoms. The Morgan fingerprint density at radius 2 is 1.72 bits per heavy atom. The molecule has 1 aromatic heterocycles. The number of anilines is 1. The number of fused-ring (bicyclic) bond motifs is 1. The molecule has 1 N–H and O–H groups in total. The minimum absolute atomic E-state index is 0.217. The Morgan fingerprint density at radius 1 is 0.966 bits per heavy atom. The highest BCUT2D eigenvalue weighted by Gasteiger charge is 2.13. The smallest absolute Gasteiger partial charge is 0.259 e. The molecule has 0 fully saturated rings. The molecule has 29 heavy (non-hydrogen) atoms. The number of nitrogens with zero attached hydrogens (tertiary/aromatic N) is 1. The number of carbonyl (C=O) groups excluding carboxylic acids is 1. The second kappa shape index (κ2) is 8.86. The van der Waals surface area contributed by atoms with Crippen molar-refractivity contribution in [3.63, 3.8) is 0 Å². The quantitative estimate of drug-likeness (QED) is 0.428. The molecular weight excluding hydrogens is 384 g/mol. The molecule has 0 aliphatic heterocycles. The number of ether oxygens (including phenoxy) is 2. The number of nitrogens with one attached hydrogen (secondary N) is 1. The maximum atomic E-state index is 12.7. The number of carbonyl (C=O) groups is 1. The van der Waals surface area contributed by atoms with Crippen LogP contribution in [-0.2, 0) is 4.74 Å². The van der Waals surface area contributed by atoms with Crippen LogP contribution in [0, 0.1) is 0 Å². The molecule has 5 nitrogen and oxygen atoms in total. The van der Waals surface area contributed by atoms with E-state index >= 15 is 0 Å². The van der Waals surface area contributed by atoms with Gasteiger partial charge in [-0.15, -0.1) is 11.3 Å². The van der Waals surface area contributed by atoms with Crippen LogP contribution in [0.5, 0.6) is 5.75 Å². The van der Waals surface area contributed by atoms with Crippen molar-refractivity contribution in [1.29, 1.82) is 0 Å². The lowest BCUT2D eigenvalue weighted by atomic mass is 10.1. The predicted octanol–water partition coefficient (Wildman–Crippen LogP) is 5.24. The molecule has 0 unspecified atom stereocenters. The zero-order valence-electron chi connectivity index (χ0n) is 15.9. The van der Waals surface area contributed by atoms with Crippen LogP contribution in [-0.4, -0.2) is 31.2 Å². The average Bonchev–Trinajstić information content (AvgIpc) is 3.19. The molecule has 6 heteroatoms. The van der Waals surface area contributed by atoms with Crippen LogP contribution in [0.25, 0.3) is 20.8 Å². The van der Waals surface area contributed by atoms with E-state index < -0.39 is 0 Å². The van der Waals surface area contributed by atoms with E-state index in [1.807, 2.05) is 54.6 Å². The molecule has 3 aromatic carbocycles. The lowest BCUT2D eigenvalue weighted by Gasteiger charge is -2.11.